The standard InChI is InChI=1S/C21H18F3N3O2S2/c1-12-17(31-20(25-12)30-2)11-18(28)26-15-7-3-5-13(9-15)19(29)27-16-8-4-6-14(10-16)21(22,23)24/h3-10H,11H2,1-2H3,(H,26,28)(H,27,29). The van der Waals surface area contributed by atoms with Crippen molar-refractivity contribution in [2.24, 2.45) is 0 Å². The molecule has 2 N–H and O–H groups in total. The van der Waals surface area contributed by atoms with Crippen molar-refractivity contribution >= 4 is 46.3 Å². The second kappa shape index (κ2) is 9.52. The third-order valence-corrected chi connectivity index (χ3v) is 6.37. The number of alkyl halides is 3. The Morgan fingerprint density at radius 3 is 2.39 bits per heavy atom. The smallest absolute Gasteiger partial charge is 0.326 e. The zero-order valence-electron chi connectivity index (χ0n) is 16.5. The lowest BCUT2D eigenvalue weighted by atomic mass is 10.1. The fourth-order valence-electron chi connectivity index (χ4n) is 2.72. The third kappa shape index (κ3) is 6.08. The number of halogens is 3. The maximum Gasteiger partial charge on any atom is 0.416 e. The van der Waals surface area contributed by atoms with Gasteiger partial charge in [-0.2, -0.15) is 13.2 Å². The number of aromatic nitrogens is 1. The Bertz CT molecular complexity index is 1110. The van der Waals surface area contributed by atoms with E-state index in [1.165, 1.54) is 47.4 Å². The van der Waals surface area contributed by atoms with Crippen molar-refractivity contribution in [2.45, 2.75) is 23.9 Å². The topological polar surface area (TPSA) is 71.1 Å². The minimum atomic E-state index is -4.50. The maximum atomic E-state index is 12.8. The first-order chi connectivity index (χ1) is 14.7. The summed E-state index contributed by atoms with van der Waals surface area (Å²) in [6.45, 7) is 1.84. The van der Waals surface area contributed by atoms with Crippen molar-refractivity contribution in [3.63, 3.8) is 0 Å². The molecule has 0 saturated carbocycles. The van der Waals surface area contributed by atoms with Crippen LogP contribution in [-0.4, -0.2) is 23.1 Å². The number of benzene rings is 2. The summed E-state index contributed by atoms with van der Waals surface area (Å²) in [7, 11) is 0. The fourth-order valence-corrected chi connectivity index (χ4v) is 4.37. The quantitative estimate of drug-likeness (QED) is 0.463. The lowest BCUT2D eigenvalue weighted by Gasteiger charge is -2.11. The van der Waals surface area contributed by atoms with Crippen LogP contribution in [0.1, 0.15) is 26.5 Å². The van der Waals surface area contributed by atoms with Gasteiger partial charge in [-0.05, 0) is 49.6 Å². The molecule has 2 amide bonds. The molecule has 0 aliphatic carbocycles. The van der Waals surface area contributed by atoms with Crippen LogP contribution < -0.4 is 10.6 Å². The van der Waals surface area contributed by atoms with Gasteiger partial charge >= 0.3 is 6.18 Å². The Balaban J connectivity index is 1.67. The molecule has 1 aromatic heterocycles. The molecule has 0 unspecified atom stereocenters. The Morgan fingerprint density at radius 1 is 1.06 bits per heavy atom. The van der Waals surface area contributed by atoms with E-state index in [-0.39, 0.29) is 23.6 Å². The normalized spacial score (nSPS) is 11.3. The number of amides is 2. The molecular weight excluding hydrogens is 447 g/mol. The van der Waals surface area contributed by atoms with Gasteiger partial charge in [-0.25, -0.2) is 4.98 Å². The number of carbonyl (C=O) groups is 2. The van der Waals surface area contributed by atoms with Crippen molar-refractivity contribution in [2.75, 3.05) is 16.9 Å². The second-order valence-electron chi connectivity index (χ2n) is 6.53. The molecule has 162 valence electrons. The van der Waals surface area contributed by atoms with Crippen LogP contribution in [0, 0.1) is 6.92 Å². The Labute approximate surface area is 185 Å². The van der Waals surface area contributed by atoms with E-state index < -0.39 is 17.6 Å². The number of nitrogens with zero attached hydrogens (tertiary/aromatic N) is 1. The molecule has 5 nitrogen and oxygen atoms in total. The van der Waals surface area contributed by atoms with Crippen LogP contribution in [-0.2, 0) is 17.4 Å². The first-order valence-electron chi connectivity index (χ1n) is 9.04. The zero-order chi connectivity index (χ0) is 22.6. The van der Waals surface area contributed by atoms with E-state index in [9.17, 15) is 22.8 Å². The molecule has 2 aromatic carbocycles. The number of thioether (sulfide) groups is 1. The van der Waals surface area contributed by atoms with Crippen LogP contribution in [0.3, 0.4) is 0 Å². The molecule has 0 aliphatic rings. The predicted molar refractivity (Wildman–Crippen MR) is 117 cm³/mol. The van der Waals surface area contributed by atoms with Crippen molar-refractivity contribution in [3.05, 3.63) is 70.2 Å². The summed E-state index contributed by atoms with van der Waals surface area (Å²) in [5, 5.41) is 5.18. The molecule has 0 bridgehead atoms. The number of hydrogen-bond acceptors (Lipinski definition) is 5. The van der Waals surface area contributed by atoms with E-state index in [2.05, 4.69) is 15.6 Å². The Hall–Kier alpha value is -2.85. The Kier molecular flexibility index (Phi) is 7.01. The van der Waals surface area contributed by atoms with Crippen LogP contribution >= 0.6 is 23.1 Å². The van der Waals surface area contributed by atoms with Gasteiger partial charge in [0, 0.05) is 21.8 Å². The average molecular weight is 466 g/mol. The molecule has 10 heteroatoms. The van der Waals surface area contributed by atoms with E-state index in [0.717, 1.165) is 27.0 Å². The first kappa shape index (κ1) is 22.8. The summed E-state index contributed by atoms with van der Waals surface area (Å²) in [5.74, 6) is -0.840. The van der Waals surface area contributed by atoms with Gasteiger partial charge in [0.25, 0.3) is 5.91 Å². The van der Waals surface area contributed by atoms with E-state index in [1.807, 2.05) is 13.2 Å². The van der Waals surface area contributed by atoms with Crippen LogP contribution in [0.4, 0.5) is 24.5 Å². The first-order valence-corrected chi connectivity index (χ1v) is 11.1. The van der Waals surface area contributed by atoms with Gasteiger partial charge in [-0.3, -0.25) is 9.59 Å². The van der Waals surface area contributed by atoms with Crippen LogP contribution in [0.2, 0.25) is 0 Å². The average Bonchev–Trinajstić information content (AvgIpc) is 3.07. The van der Waals surface area contributed by atoms with Gasteiger partial charge in [0.05, 0.1) is 17.7 Å². The molecule has 0 spiro atoms. The summed E-state index contributed by atoms with van der Waals surface area (Å²) in [6.07, 6.45) is -2.43. The fraction of sp³-hybridized carbons (Fsp3) is 0.190. The van der Waals surface area contributed by atoms with E-state index in [4.69, 9.17) is 0 Å². The predicted octanol–water partition coefficient (Wildman–Crippen LogP) is 5.63. The number of thiazole rings is 1. The summed E-state index contributed by atoms with van der Waals surface area (Å²) >= 11 is 2.97. The molecule has 0 saturated heterocycles. The number of rotatable bonds is 6. The van der Waals surface area contributed by atoms with Crippen molar-refractivity contribution in [1.29, 1.82) is 0 Å². The van der Waals surface area contributed by atoms with Gasteiger partial charge in [0.15, 0.2) is 0 Å². The molecule has 3 rings (SSSR count). The van der Waals surface area contributed by atoms with Crippen LogP contribution in [0.15, 0.2) is 52.9 Å². The summed E-state index contributed by atoms with van der Waals surface area (Å²) in [4.78, 5) is 30.1. The lowest BCUT2D eigenvalue weighted by Crippen LogP contribution is -2.16. The number of carbonyl (C=O) groups excluding carboxylic acids is 2. The van der Waals surface area contributed by atoms with Crippen LogP contribution in [0.25, 0.3) is 0 Å². The minimum Gasteiger partial charge on any atom is -0.326 e. The monoisotopic (exact) mass is 465 g/mol. The van der Waals surface area contributed by atoms with Gasteiger partial charge < -0.3 is 10.6 Å². The highest BCUT2D eigenvalue weighted by Crippen LogP contribution is 2.31. The highest BCUT2D eigenvalue weighted by Gasteiger charge is 2.30. The van der Waals surface area contributed by atoms with Gasteiger partial charge in [0.2, 0.25) is 5.91 Å². The van der Waals surface area contributed by atoms with Crippen molar-refractivity contribution in [1.82, 2.24) is 4.98 Å². The summed E-state index contributed by atoms with van der Waals surface area (Å²) in [5.41, 5.74) is 0.593. The van der Waals surface area contributed by atoms with Crippen LogP contribution in [0.5, 0.6) is 0 Å². The van der Waals surface area contributed by atoms with E-state index in [1.54, 1.807) is 12.1 Å². The highest BCUT2D eigenvalue weighted by molar-refractivity contribution is 8.00. The summed E-state index contributed by atoms with van der Waals surface area (Å²) < 4.78 is 39.4. The van der Waals surface area contributed by atoms with Crippen molar-refractivity contribution in [3.8, 4) is 0 Å². The van der Waals surface area contributed by atoms with Gasteiger partial charge in [-0.15, -0.1) is 11.3 Å². The van der Waals surface area contributed by atoms with E-state index in [0.29, 0.717) is 5.69 Å². The second-order valence-corrected chi connectivity index (χ2v) is 8.67. The number of nitrogens with one attached hydrogen (secondary N) is 2. The lowest BCUT2D eigenvalue weighted by molar-refractivity contribution is -0.137. The molecule has 0 atom stereocenters. The third-order valence-electron chi connectivity index (χ3n) is 4.23. The molecule has 31 heavy (non-hydrogen) atoms. The SMILES string of the molecule is CSc1nc(C)c(CC(=O)Nc2cccc(C(=O)Nc3cccc(C(F)(F)F)c3)c2)s1. The van der Waals surface area contributed by atoms with E-state index >= 15 is 0 Å². The minimum absolute atomic E-state index is 0.0273. The van der Waals surface area contributed by atoms with Crippen molar-refractivity contribution < 1.29 is 22.8 Å². The van der Waals surface area contributed by atoms with Gasteiger partial charge in [0.1, 0.15) is 4.34 Å². The summed E-state index contributed by atoms with van der Waals surface area (Å²) in [6, 6.07) is 10.6. The molecule has 1 heterocycles. The highest BCUT2D eigenvalue weighted by atomic mass is 32.2. The molecule has 0 aliphatic heterocycles. The number of anilines is 2. The molecular formula is C21H18F3N3O2S2. The van der Waals surface area contributed by atoms with Gasteiger partial charge in [-0.1, -0.05) is 23.9 Å². The molecule has 0 fully saturated rings. The number of aryl methyl sites for hydroxylation is 1. The zero-order valence-corrected chi connectivity index (χ0v) is 18.2. The Morgan fingerprint density at radius 2 is 1.74 bits per heavy atom. The molecule has 3 aromatic rings. The number of hydrogen-bond donors (Lipinski definition) is 2. The largest absolute Gasteiger partial charge is 0.416 e. The maximum absolute atomic E-state index is 12.8. The molecule has 0 radical (unpaired) electrons.